The van der Waals surface area contributed by atoms with Gasteiger partial charge < -0.3 is 59.4 Å². The fourth-order valence-electron chi connectivity index (χ4n) is 8.17. The molecule has 1 fully saturated rings. The van der Waals surface area contributed by atoms with Crippen molar-refractivity contribution in [3.8, 4) is 10.4 Å². The first-order valence-electron chi connectivity index (χ1n) is 24.4. The molecule has 5 aromatic rings. The van der Waals surface area contributed by atoms with Gasteiger partial charge in [-0.15, -0.1) is 11.3 Å². The summed E-state index contributed by atoms with van der Waals surface area (Å²) in [5, 5.41) is 21.6. The van der Waals surface area contributed by atoms with Crippen molar-refractivity contribution in [1.82, 2.24) is 35.8 Å². The maximum absolute atomic E-state index is 14.0. The van der Waals surface area contributed by atoms with Gasteiger partial charge in [-0.2, -0.15) is 0 Å². The number of aromatic amines is 1. The number of rotatable bonds is 30. The van der Waals surface area contributed by atoms with Crippen molar-refractivity contribution in [2.45, 2.75) is 84.5 Å². The summed E-state index contributed by atoms with van der Waals surface area (Å²) in [6.45, 7) is 14.2. The van der Waals surface area contributed by atoms with Gasteiger partial charge in [0, 0.05) is 66.6 Å². The number of hydrogen-bond donors (Lipinski definition) is 5. The van der Waals surface area contributed by atoms with Crippen molar-refractivity contribution in [1.29, 1.82) is 0 Å². The van der Waals surface area contributed by atoms with Crippen LogP contribution in [-0.4, -0.2) is 159 Å². The summed E-state index contributed by atoms with van der Waals surface area (Å²) in [5.41, 5.74) is 7.23. The van der Waals surface area contributed by atoms with Gasteiger partial charge in [-0.3, -0.25) is 24.2 Å². The third-order valence-corrected chi connectivity index (χ3v) is 13.0. The number of benzene rings is 2. The second kappa shape index (κ2) is 28.0. The van der Waals surface area contributed by atoms with Crippen LogP contribution in [0.1, 0.15) is 69.8 Å². The molecule has 4 unspecified atom stereocenters. The lowest BCUT2D eigenvalue weighted by molar-refractivity contribution is -0.144. The standard InChI is InChI=1S/C52H71N7O11S/c1-35(38-8-10-39(11-9-38)48-36(2)55-34-71-48)56-50(63)45-31-40(60)33-59(45)51(64)49(52(3,4)5)58-47(62)15-18-65-20-22-67-24-26-69-28-29-70-27-25-68-23-21-66-19-17-54-46(61)13-7-37-6-12-41-42-32-53-16-14-43(42)57-44(41)30-37/h6,8-12,14,16,30,32,34-35,40,45,49,57,60H,7,13,15,17-29,31,33H2,1-5H3,(H,54,61)(H,56,63)(H,58,62). The van der Waals surface area contributed by atoms with Gasteiger partial charge >= 0.3 is 0 Å². The van der Waals surface area contributed by atoms with Crippen LogP contribution in [0.25, 0.3) is 32.2 Å². The highest BCUT2D eigenvalue weighted by molar-refractivity contribution is 7.13. The lowest BCUT2D eigenvalue weighted by Crippen LogP contribution is -2.58. The summed E-state index contributed by atoms with van der Waals surface area (Å²) in [7, 11) is 0. The maximum Gasteiger partial charge on any atom is 0.246 e. The van der Waals surface area contributed by atoms with Gasteiger partial charge in [0.2, 0.25) is 23.6 Å². The van der Waals surface area contributed by atoms with E-state index in [2.05, 4.69) is 49.1 Å². The quantitative estimate of drug-likeness (QED) is 0.0380. The number of likely N-dealkylation sites (tertiary alicyclic amines) is 1. The zero-order chi connectivity index (χ0) is 50.6. The summed E-state index contributed by atoms with van der Waals surface area (Å²) in [6.07, 6.45) is 3.93. The number of nitrogens with one attached hydrogen (secondary N) is 4. The smallest absolute Gasteiger partial charge is 0.246 e. The molecule has 4 heterocycles. The molecule has 2 aromatic carbocycles. The molecule has 0 bridgehead atoms. The first kappa shape index (κ1) is 54.9. The number of hydrogen-bond acceptors (Lipinski definition) is 14. The van der Waals surface area contributed by atoms with Crippen LogP contribution in [0.4, 0.5) is 0 Å². The molecule has 71 heavy (non-hydrogen) atoms. The molecule has 6 rings (SSSR count). The van der Waals surface area contributed by atoms with Crippen molar-refractivity contribution < 1.29 is 52.7 Å². The van der Waals surface area contributed by atoms with Crippen molar-refractivity contribution in [3.05, 3.63) is 83.3 Å². The number of aromatic nitrogens is 3. The summed E-state index contributed by atoms with van der Waals surface area (Å²) in [5.74, 6) is -1.17. The molecule has 4 amide bonds. The Hall–Kier alpha value is -5.38. The molecule has 1 aliphatic rings. The highest BCUT2D eigenvalue weighted by Gasteiger charge is 2.44. The minimum absolute atomic E-state index is 0.00893. The molecular weight excluding hydrogens is 931 g/mol. The molecule has 1 saturated heterocycles. The first-order valence-corrected chi connectivity index (χ1v) is 25.3. The Balaban J connectivity index is 0.725. The van der Waals surface area contributed by atoms with Gasteiger partial charge in [-0.05, 0) is 54.5 Å². The highest BCUT2D eigenvalue weighted by Crippen LogP contribution is 2.30. The molecular formula is C52H71N7O11S. The normalized spacial score (nSPS) is 15.8. The monoisotopic (exact) mass is 1000 g/mol. The van der Waals surface area contributed by atoms with Crippen LogP contribution in [0.15, 0.2) is 66.4 Å². The first-order chi connectivity index (χ1) is 34.3. The Morgan fingerprint density at radius 1 is 0.789 bits per heavy atom. The van der Waals surface area contributed by atoms with Gasteiger partial charge in [-0.25, -0.2) is 4.98 Å². The van der Waals surface area contributed by atoms with E-state index in [9.17, 15) is 24.3 Å². The third-order valence-electron chi connectivity index (χ3n) is 12.1. The number of ether oxygens (including phenoxy) is 6. The number of aliphatic hydroxyl groups excluding tert-OH is 1. The fraction of sp³-hybridized carbons (Fsp3) is 0.538. The van der Waals surface area contributed by atoms with E-state index in [1.54, 1.807) is 17.5 Å². The predicted octanol–water partition coefficient (Wildman–Crippen LogP) is 5.06. The molecule has 5 N–H and O–H groups in total. The van der Waals surface area contributed by atoms with Crippen LogP contribution in [0, 0.1) is 12.3 Å². The minimum Gasteiger partial charge on any atom is -0.391 e. The summed E-state index contributed by atoms with van der Waals surface area (Å²) in [6, 6.07) is 13.9. The molecule has 18 nitrogen and oxygen atoms in total. The number of nitrogens with zero attached hydrogens (tertiary/aromatic N) is 3. The second-order valence-electron chi connectivity index (χ2n) is 18.6. The number of aliphatic hydroxyl groups is 1. The van der Waals surface area contributed by atoms with Gasteiger partial charge in [0.25, 0.3) is 0 Å². The third kappa shape index (κ3) is 17.1. The van der Waals surface area contributed by atoms with Crippen molar-refractivity contribution >= 4 is 56.8 Å². The molecule has 386 valence electrons. The molecule has 4 atom stereocenters. The number of pyridine rings is 1. The molecule has 3 aromatic heterocycles. The summed E-state index contributed by atoms with van der Waals surface area (Å²) in [4.78, 5) is 67.4. The van der Waals surface area contributed by atoms with E-state index in [1.165, 1.54) is 4.90 Å². The average Bonchev–Trinajstić information content (AvgIpc) is 4.08. The maximum atomic E-state index is 14.0. The van der Waals surface area contributed by atoms with Crippen molar-refractivity contribution in [2.24, 2.45) is 5.41 Å². The number of β-amino-alcohol motifs (C(OH)–C–C–N with tert-alkyl or cyclic N) is 1. The van der Waals surface area contributed by atoms with Gasteiger partial charge in [0.05, 0.1) is 108 Å². The van der Waals surface area contributed by atoms with Gasteiger partial charge in [0.1, 0.15) is 12.1 Å². The predicted molar refractivity (Wildman–Crippen MR) is 271 cm³/mol. The topological polar surface area (TPSA) is 225 Å². The second-order valence-corrected chi connectivity index (χ2v) is 19.4. The van der Waals surface area contributed by atoms with Gasteiger partial charge in [-0.1, -0.05) is 57.2 Å². The van der Waals surface area contributed by atoms with Crippen LogP contribution in [0.5, 0.6) is 0 Å². The molecule has 0 saturated carbocycles. The molecule has 19 heteroatoms. The fourth-order valence-corrected chi connectivity index (χ4v) is 8.98. The molecule has 0 radical (unpaired) electrons. The van der Waals surface area contributed by atoms with E-state index in [0.717, 1.165) is 49.1 Å². The van der Waals surface area contributed by atoms with Crippen LogP contribution in [0.3, 0.4) is 0 Å². The molecule has 0 spiro atoms. The van der Waals surface area contributed by atoms with E-state index >= 15 is 0 Å². The number of carbonyl (C=O) groups is 4. The van der Waals surface area contributed by atoms with Gasteiger partial charge in [0.15, 0.2) is 0 Å². The number of carbonyl (C=O) groups excluding carboxylic acids is 4. The Morgan fingerprint density at radius 2 is 1.42 bits per heavy atom. The zero-order valence-corrected chi connectivity index (χ0v) is 42.5. The largest absolute Gasteiger partial charge is 0.391 e. The average molecular weight is 1000 g/mol. The van der Waals surface area contributed by atoms with Crippen LogP contribution in [0.2, 0.25) is 0 Å². The van der Waals surface area contributed by atoms with Crippen molar-refractivity contribution in [2.75, 3.05) is 92.4 Å². The number of amides is 4. The lowest BCUT2D eigenvalue weighted by atomic mass is 9.85. The summed E-state index contributed by atoms with van der Waals surface area (Å²) >= 11 is 1.57. The number of fused-ring (bicyclic) bond motifs is 3. The minimum atomic E-state index is -0.932. The lowest BCUT2D eigenvalue weighted by Gasteiger charge is -2.35. The summed E-state index contributed by atoms with van der Waals surface area (Å²) < 4.78 is 33.4. The van der Waals surface area contributed by atoms with E-state index in [0.29, 0.717) is 85.5 Å². The Labute approximate surface area is 419 Å². The Bertz CT molecular complexity index is 2460. The number of thiazole rings is 1. The van der Waals surface area contributed by atoms with E-state index in [-0.39, 0.29) is 56.4 Å². The van der Waals surface area contributed by atoms with Crippen LogP contribution >= 0.6 is 11.3 Å². The SMILES string of the molecule is Cc1ncsc1-c1ccc(C(C)NC(=O)C2CC(O)CN2C(=O)C(NC(=O)CCOCCOCCOCCOCCOCCOCCNC(=O)CCc2ccc3c(c2)[nH]c2ccncc23)C(C)(C)C)cc1. The molecule has 0 aliphatic carbocycles. The Kier molecular flexibility index (Phi) is 21.7. The van der Waals surface area contributed by atoms with E-state index in [4.69, 9.17) is 28.4 Å². The van der Waals surface area contributed by atoms with E-state index < -0.39 is 29.5 Å². The number of aryl methyl sites for hydroxylation is 2. The van der Waals surface area contributed by atoms with Crippen molar-refractivity contribution in [3.63, 3.8) is 0 Å². The Morgan fingerprint density at radius 3 is 2.04 bits per heavy atom. The van der Waals surface area contributed by atoms with Crippen LogP contribution in [-0.2, 0) is 54.0 Å². The molecule has 1 aliphatic heterocycles. The van der Waals surface area contributed by atoms with Crippen LogP contribution < -0.4 is 16.0 Å². The van der Waals surface area contributed by atoms with E-state index in [1.807, 2.05) is 76.7 Å². The zero-order valence-electron chi connectivity index (χ0n) is 41.7. The number of H-pyrrole nitrogens is 1. The highest BCUT2D eigenvalue weighted by atomic mass is 32.1.